The molecule has 0 radical (unpaired) electrons. The molecule has 0 aliphatic heterocycles. The van der Waals surface area contributed by atoms with Crippen molar-refractivity contribution in [3.05, 3.63) is 33.3 Å². The fraction of sp³-hybridized carbons (Fsp3) is 0.400. The van der Waals surface area contributed by atoms with Crippen LogP contribution < -0.4 is 5.32 Å². The Morgan fingerprint density at radius 3 is 2.65 bits per heavy atom. The smallest absolute Gasteiger partial charge is 0.312 e. The van der Waals surface area contributed by atoms with Gasteiger partial charge in [0.05, 0.1) is 5.02 Å². The lowest BCUT2D eigenvalue weighted by Gasteiger charge is -2.07. The highest BCUT2D eigenvalue weighted by atomic mass is 79.9. The Kier molecular flexibility index (Phi) is 6.12. The summed E-state index contributed by atoms with van der Waals surface area (Å²) in [4.78, 5) is 0. The van der Waals surface area contributed by atoms with Gasteiger partial charge in [0.1, 0.15) is 0 Å². The molecule has 1 aromatic rings. The van der Waals surface area contributed by atoms with Gasteiger partial charge < -0.3 is 5.32 Å². The second kappa shape index (κ2) is 6.87. The molecule has 1 nitrogen and oxygen atoms in total. The summed E-state index contributed by atoms with van der Waals surface area (Å²) < 4.78 is 36.2. The fourth-order valence-corrected chi connectivity index (χ4v) is 2.05. The summed E-state index contributed by atoms with van der Waals surface area (Å²) in [6, 6.07) is 5.44. The van der Waals surface area contributed by atoms with Gasteiger partial charge in [-0.05, 0) is 45.4 Å². The summed E-state index contributed by atoms with van der Waals surface area (Å²) >= 11 is 9.13. The second-order valence-corrected chi connectivity index (χ2v) is 5.64. The van der Waals surface area contributed by atoms with E-state index in [-0.39, 0.29) is 17.5 Å². The fourth-order valence-electron chi connectivity index (χ4n) is 1.12. The molecule has 0 spiro atoms. The van der Waals surface area contributed by atoms with E-state index in [0.29, 0.717) is 18.1 Å². The zero-order chi connectivity index (χ0) is 12.9. The van der Waals surface area contributed by atoms with Crippen LogP contribution in [0.2, 0.25) is 5.02 Å². The SMILES string of the molecule is FC(F)(F)SCCNCc1ccc(Br)c(Cl)c1. The molecule has 1 rings (SSSR count). The largest absolute Gasteiger partial charge is 0.441 e. The maximum Gasteiger partial charge on any atom is 0.441 e. The van der Waals surface area contributed by atoms with Gasteiger partial charge >= 0.3 is 5.51 Å². The average molecular weight is 349 g/mol. The highest BCUT2D eigenvalue weighted by Gasteiger charge is 2.27. The van der Waals surface area contributed by atoms with Gasteiger partial charge in [-0.25, -0.2) is 0 Å². The van der Waals surface area contributed by atoms with E-state index in [0.717, 1.165) is 10.0 Å². The van der Waals surface area contributed by atoms with Crippen LogP contribution in [-0.2, 0) is 6.54 Å². The summed E-state index contributed by atoms with van der Waals surface area (Å²) in [6.07, 6.45) is 0. The van der Waals surface area contributed by atoms with Crippen LogP contribution in [0.5, 0.6) is 0 Å². The minimum atomic E-state index is -4.15. The lowest BCUT2D eigenvalue weighted by Crippen LogP contribution is -2.18. The van der Waals surface area contributed by atoms with Gasteiger partial charge in [-0.15, -0.1) is 0 Å². The first-order chi connectivity index (χ1) is 7.88. The molecule has 7 heteroatoms. The Balaban J connectivity index is 2.25. The van der Waals surface area contributed by atoms with E-state index in [1.165, 1.54) is 0 Å². The third-order valence-corrected chi connectivity index (χ3v) is 3.83. The summed E-state index contributed by atoms with van der Waals surface area (Å²) in [5.41, 5.74) is -3.21. The van der Waals surface area contributed by atoms with E-state index in [1.54, 1.807) is 6.07 Å². The monoisotopic (exact) mass is 347 g/mol. The number of benzene rings is 1. The highest BCUT2D eigenvalue weighted by Crippen LogP contribution is 2.29. The van der Waals surface area contributed by atoms with Gasteiger partial charge in [-0.2, -0.15) is 13.2 Å². The summed E-state index contributed by atoms with van der Waals surface area (Å²) in [5.74, 6) is 0.00770. The molecule has 0 aliphatic rings. The van der Waals surface area contributed by atoms with E-state index in [1.807, 2.05) is 12.1 Å². The molecule has 0 heterocycles. The molecule has 0 aliphatic carbocycles. The molecule has 0 saturated carbocycles. The van der Waals surface area contributed by atoms with Crippen LogP contribution in [0.15, 0.2) is 22.7 Å². The van der Waals surface area contributed by atoms with E-state index >= 15 is 0 Å². The Labute approximate surface area is 115 Å². The number of thioether (sulfide) groups is 1. The molecule has 0 unspecified atom stereocenters. The van der Waals surface area contributed by atoms with Crippen molar-refractivity contribution >= 4 is 39.3 Å². The van der Waals surface area contributed by atoms with Gasteiger partial charge in [0.2, 0.25) is 0 Å². The van der Waals surface area contributed by atoms with Gasteiger partial charge in [0, 0.05) is 23.3 Å². The molecule has 1 aromatic carbocycles. The van der Waals surface area contributed by atoms with Crippen LogP contribution in [0, 0.1) is 0 Å². The Hall–Kier alpha value is 0.0900. The molecule has 96 valence electrons. The molecule has 0 fully saturated rings. The van der Waals surface area contributed by atoms with Crippen LogP contribution in [-0.4, -0.2) is 17.8 Å². The van der Waals surface area contributed by atoms with Crippen molar-refractivity contribution < 1.29 is 13.2 Å². The van der Waals surface area contributed by atoms with Crippen molar-refractivity contribution in [2.75, 3.05) is 12.3 Å². The van der Waals surface area contributed by atoms with Crippen molar-refractivity contribution in [2.45, 2.75) is 12.1 Å². The third-order valence-electron chi connectivity index (χ3n) is 1.86. The Morgan fingerprint density at radius 2 is 2.06 bits per heavy atom. The number of rotatable bonds is 5. The lowest BCUT2D eigenvalue weighted by molar-refractivity contribution is -0.0327. The summed E-state index contributed by atoms with van der Waals surface area (Å²) in [6.45, 7) is 0.809. The van der Waals surface area contributed by atoms with Gasteiger partial charge in [0.25, 0.3) is 0 Å². The van der Waals surface area contributed by atoms with Crippen molar-refractivity contribution in [1.29, 1.82) is 0 Å². The van der Waals surface area contributed by atoms with E-state index in [2.05, 4.69) is 21.2 Å². The van der Waals surface area contributed by atoms with Gasteiger partial charge in [-0.3, -0.25) is 0 Å². The van der Waals surface area contributed by atoms with Gasteiger partial charge in [0.15, 0.2) is 0 Å². The molecular weight excluding hydrogens is 339 g/mol. The zero-order valence-electron chi connectivity index (χ0n) is 8.65. The van der Waals surface area contributed by atoms with Crippen LogP contribution in [0.3, 0.4) is 0 Å². The van der Waals surface area contributed by atoms with Crippen LogP contribution in [0.1, 0.15) is 5.56 Å². The topological polar surface area (TPSA) is 12.0 Å². The molecule has 0 bridgehead atoms. The van der Waals surface area contributed by atoms with E-state index in [4.69, 9.17) is 11.6 Å². The summed E-state index contributed by atoms with van der Waals surface area (Å²) in [7, 11) is 0. The maximum absolute atomic E-state index is 11.8. The first-order valence-corrected chi connectivity index (χ1v) is 6.89. The molecule has 1 N–H and O–H groups in total. The van der Waals surface area contributed by atoms with Crippen molar-refractivity contribution in [3.8, 4) is 0 Å². The van der Waals surface area contributed by atoms with E-state index < -0.39 is 5.51 Å². The lowest BCUT2D eigenvalue weighted by atomic mass is 10.2. The minimum Gasteiger partial charge on any atom is -0.312 e. The number of halogens is 5. The van der Waals surface area contributed by atoms with Crippen molar-refractivity contribution in [2.24, 2.45) is 0 Å². The van der Waals surface area contributed by atoms with Crippen molar-refractivity contribution in [3.63, 3.8) is 0 Å². The van der Waals surface area contributed by atoms with Crippen molar-refractivity contribution in [1.82, 2.24) is 5.32 Å². The maximum atomic E-state index is 11.8. The first kappa shape index (κ1) is 15.1. The Morgan fingerprint density at radius 1 is 1.35 bits per heavy atom. The van der Waals surface area contributed by atoms with Crippen LogP contribution in [0.25, 0.3) is 0 Å². The van der Waals surface area contributed by atoms with Crippen LogP contribution in [0.4, 0.5) is 13.2 Å². The molecule has 0 saturated heterocycles. The predicted molar refractivity (Wildman–Crippen MR) is 69.4 cm³/mol. The molecule has 17 heavy (non-hydrogen) atoms. The first-order valence-electron chi connectivity index (χ1n) is 4.74. The zero-order valence-corrected chi connectivity index (χ0v) is 11.8. The number of nitrogens with one attached hydrogen (secondary N) is 1. The minimum absolute atomic E-state index is 0.00770. The molecule has 0 atom stereocenters. The quantitative estimate of drug-likeness (QED) is 0.789. The van der Waals surface area contributed by atoms with E-state index in [9.17, 15) is 13.2 Å². The normalized spacial score (nSPS) is 11.8. The summed E-state index contributed by atoms with van der Waals surface area (Å²) in [5, 5.41) is 3.52. The van der Waals surface area contributed by atoms with Crippen LogP contribution >= 0.6 is 39.3 Å². The average Bonchev–Trinajstić information content (AvgIpc) is 2.21. The highest BCUT2D eigenvalue weighted by molar-refractivity contribution is 9.10. The molecule has 0 aromatic heterocycles. The number of hydrogen-bond donors (Lipinski definition) is 1. The number of hydrogen-bond acceptors (Lipinski definition) is 2. The molecule has 0 amide bonds. The predicted octanol–water partition coefficient (Wildman–Crippen LogP) is 4.45. The van der Waals surface area contributed by atoms with Gasteiger partial charge in [-0.1, -0.05) is 17.7 Å². The Bertz CT molecular complexity index is 373. The molecular formula is C10H10BrClF3NS. The number of alkyl halides is 3. The third kappa shape index (κ3) is 6.55. The standard InChI is InChI=1S/C10H10BrClF3NS/c11-8-2-1-7(5-9(8)12)6-16-3-4-17-10(13,14)15/h1-2,5,16H,3-4,6H2. The second-order valence-electron chi connectivity index (χ2n) is 3.22.